The van der Waals surface area contributed by atoms with Crippen LogP contribution in [0, 0.1) is 0 Å². The Morgan fingerprint density at radius 2 is 2.04 bits per heavy atom. The molecular weight excluding hydrogens is 374 g/mol. The number of hydrogen-bond donors (Lipinski definition) is 2. The highest BCUT2D eigenvalue weighted by atomic mass is 32.2. The first kappa shape index (κ1) is 18.8. The topological polar surface area (TPSA) is 132 Å². The van der Waals surface area contributed by atoms with Crippen LogP contribution in [0.1, 0.15) is 10.4 Å². The van der Waals surface area contributed by atoms with Crippen LogP contribution in [0.25, 0.3) is 10.2 Å². The molecule has 1 atom stereocenters. The molecule has 0 spiro atoms. The van der Waals surface area contributed by atoms with E-state index >= 15 is 0 Å². The first-order valence-corrected chi connectivity index (χ1v) is 8.56. The second-order valence-corrected chi connectivity index (χ2v) is 6.85. The average molecular weight is 387 g/mol. The smallest absolute Gasteiger partial charge is 0.465 e. The lowest BCUT2D eigenvalue weighted by Crippen LogP contribution is -2.26. The molecule has 0 fully saturated rings. The molecule has 9 nitrogen and oxygen atoms in total. The molecule has 0 aliphatic carbocycles. The molecule has 1 heterocycles. The van der Waals surface area contributed by atoms with E-state index in [2.05, 4.69) is 19.2 Å². The van der Waals surface area contributed by atoms with Crippen molar-refractivity contribution in [1.82, 2.24) is 4.98 Å². The van der Waals surface area contributed by atoms with Gasteiger partial charge >= 0.3 is 18.3 Å². The molecule has 0 radical (unpaired) electrons. The van der Waals surface area contributed by atoms with Gasteiger partial charge in [0, 0.05) is 5.75 Å². The SMILES string of the molecule is COC(=O)c1ccc2nc(SCC(COC(=O)O)OC(=O)O)sc2c1. The summed E-state index contributed by atoms with van der Waals surface area (Å²) in [6, 6.07) is 4.93. The summed E-state index contributed by atoms with van der Waals surface area (Å²) in [6.07, 6.45) is -4.00. The van der Waals surface area contributed by atoms with Crippen LogP contribution in [-0.4, -0.2) is 59.1 Å². The van der Waals surface area contributed by atoms with Crippen LogP contribution in [0.4, 0.5) is 9.59 Å². The number of thiazole rings is 1. The largest absolute Gasteiger partial charge is 0.506 e. The molecule has 1 unspecified atom stereocenters. The molecule has 134 valence electrons. The molecule has 2 rings (SSSR count). The zero-order chi connectivity index (χ0) is 18.4. The van der Waals surface area contributed by atoms with Gasteiger partial charge in [0.25, 0.3) is 0 Å². The molecule has 0 bridgehead atoms. The molecule has 25 heavy (non-hydrogen) atoms. The molecular formula is C14H13NO8S2. The molecule has 0 saturated heterocycles. The fourth-order valence-electron chi connectivity index (χ4n) is 1.80. The lowest BCUT2D eigenvalue weighted by Gasteiger charge is -2.13. The molecule has 2 N–H and O–H groups in total. The van der Waals surface area contributed by atoms with Crippen molar-refractivity contribution >= 4 is 51.6 Å². The van der Waals surface area contributed by atoms with Gasteiger partial charge in [-0.1, -0.05) is 11.8 Å². The van der Waals surface area contributed by atoms with Gasteiger partial charge in [-0.3, -0.25) is 0 Å². The number of nitrogens with zero attached hydrogens (tertiary/aromatic N) is 1. The number of fused-ring (bicyclic) bond motifs is 1. The Bertz CT molecular complexity index is 790. The summed E-state index contributed by atoms with van der Waals surface area (Å²) < 4.78 is 15.0. The van der Waals surface area contributed by atoms with Crippen LogP contribution < -0.4 is 0 Å². The fraction of sp³-hybridized carbons (Fsp3) is 0.286. The van der Waals surface area contributed by atoms with E-state index < -0.39 is 31.0 Å². The number of carbonyl (C=O) groups excluding carboxylic acids is 1. The van der Waals surface area contributed by atoms with Crippen LogP contribution in [0.2, 0.25) is 0 Å². The van der Waals surface area contributed by atoms with Gasteiger partial charge in [0.1, 0.15) is 12.7 Å². The van der Waals surface area contributed by atoms with Crippen LogP contribution in [0.5, 0.6) is 0 Å². The third-order valence-electron chi connectivity index (χ3n) is 2.84. The predicted molar refractivity (Wildman–Crippen MR) is 88.6 cm³/mol. The lowest BCUT2D eigenvalue weighted by atomic mass is 10.2. The number of aromatic nitrogens is 1. The van der Waals surface area contributed by atoms with E-state index in [4.69, 9.17) is 10.2 Å². The Labute approximate surface area is 149 Å². The first-order chi connectivity index (χ1) is 11.9. The van der Waals surface area contributed by atoms with Crippen LogP contribution >= 0.6 is 23.1 Å². The summed E-state index contributed by atoms with van der Waals surface area (Å²) in [7, 11) is 1.29. The Balaban J connectivity index is 2.06. The highest BCUT2D eigenvalue weighted by Gasteiger charge is 2.18. The Kier molecular flexibility index (Phi) is 6.42. The molecule has 2 aromatic rings. The maximum atomic E-state index is 11.5. The third kappa shape index (κ3) is 5.50. The van der Waals surface area contributed by atoms with Crippen LogP contribution in [0.15, 0.2) is 22.5 Å². The Morgan fingerprint density at radius 3 is 2.68 bits per heavy atom. The first-order valence-electron chi connectivity index (χ1n) is 6.76. The van der Waals surface area contributed by atoms with Crippen molar-refractivity contribution in [3.63, 3.8) is 0 Å². The van der Waals surface area contributed by atoms with E-state index in [1.54, 1.807) is 18.2 Å². The van der Waals surface area contributed by atoms with Crippen LogP contribution in [-0.2, 0) is 14.2 Å². The van der Waals surface area contributed by atoms with Crippen molar-refractivity contribution in [2.45, 2.75) is 10.4 Å². The second-order valence-electron chi connectivity index (χ2n) is 4.55. The molecule has 1 aromatic carbocycles. The van der Waals surface area contributed by atoms with Crippen molar-refractivity contribution < 1.29 is 38.8 Å². The van der Waals surface area contributed by atoms with Crippen molar-refractivity contribution in [3.8, 4) is 0 Å². The number of thioether (sulfide) groups is 1. The Hall–Kier alpha value is -2.53. The number of carbonyl (C=O) groups is 3. The summed E-state index contributed by atoms with van der Waals surface area (Å²) in [5.41, 5.74) is 1.08. The highest BCUT2D eigenvalue weighted by molar-refractivity contribution is 8.01. The van der Waals surface area contributed by atoms with Crippen molar-refractivity contribution in [2.24, 2.45) is 0 Å². The standard InChI is InChI=1S/C14H13NO8S2/c1-21-11(16)7-2-3-9-10(4-7)25-12(15-9)24-6-8(23-14(19)20)5-22-13(17)18/h2-4,8H,5-6H2,1H3,(H,17,18)(H,19,20). The monoisotopic (exact) mass is 387 g/mol. The van der Waals surface area contributed by atoms with Gasteiger partial charge in [0.2, 0.25) is 0 Å². The summed E-state index contributed by atoms with van der Waals surface area (Å²) in [5.74, 6) is -0.325. The molecule has 1 aromatic heterocycles. The zero-order valence-electron chi connectivity index (χ0n) is 12.8. The highest BCUT2D eigenvalue weighted by Crippen LogP contribution is 2.31. The minimum absolute atomic E-state index is 0.128. The number of rotatable bonds is 7. The van der Waals surface area contributed by atoms with E-state index in [1.807, 2.05) is 0 Å². The van der Waals surface area contributed by atoms with E-state index in [9.17, 15) is 14.4 Å². The normalized spacial score (nSPS) is 11.7. The van der Waals surface area contributed by atoms with E-state index in [0.29, 0.717) is 15.4 Å². The number of ether oxygens (including phenoxy) is 3. The number of carboxylic acid groups (broad SMARTS) is 2. The Morgan fingerprint density at radius 1 is 1.28 bits per heavy atom. The maximum absolute atomic E-state index is 11.5. The number of hydrogen-bond acceptors (Lipinski definition) is 9. The van der Waals surface area contributed by atoms with Gasteiger partial charge in [-0.15, -0.1) is 11.3 Å². The van der Waals surface area contributed by atoms with E-state index in [-0.39, 0.29) is 5.75 Å². The molecule has 11 heteroatoms. The summed E-state index contributed by atoms with van der Waals surface area (Å²) in [5, 5.41) is 17.2. The minimum Gasteiger partial charge on any atom is -0.465 e. The quantitative estimate of drug-likeness (QED) is 0.415. The van der Waals surface area contributed by atoms with E-state index in [1.165, 1.54) is 30.2 Å². The number of esters is 1. The van der Waals surface area contributed by atoms with E-state index in [0.717, 1.165) is 4.70 Å². The van der Waals surface area contributed by atoms with Crippen molar-refractivity contribution in [3.05, 3.63) is 23.8 Å². The minimum atomic E-state index is -1.52. The van der Waals surface area contributed by atoms with Crippen molar-refractivity contribution in [1.29, 1.82) is 0 Å². The number of methoxy groups -OCH3 is 1. The van der Waals surface area contributed by atoms with Gasteiger partial charge in [-0.2, -0.15) is 0 Å². The van der Waals surface area contributed by atoms with Gasteiger partial charge in [-0.25, -0.2) is 19.4 Å². The predicted octanol–water partition coefficient (Wildman–Crippen LogP) is 2.93. The van der Waals surface area contributed by atoms with Crippen LogP contribution in [0.3, 0.4) is 0 Å². The molecule has 0 amide bonds. The summed E-state index contributed by atoms with van der Waals surface area (Å²) >= 11 is 2.51. The molecule has 0 aliphatic heterocycles. The number of benzene rings is 1. The lowest BCUT2D eigenvalue weighted by molar-refractivity contribution is 0.0140. The maximum Gasteiger partial charge on any atom is 0.506 e. The summed E-state index contributed by atoms with van der Waals surface area (Å²) in [6.45, 7) is -0.411. The second kappa shape index (κ2) is 8.53. The zero-order valence-corrected chi connectivity index (χ0v) is 14.5. The van der Waals surface area contributed by atoms with Gasteiger partial charge in [0.15, 0.2) is 4.34 Å². The van der Waals surface area contributed by atoms with Gasteiger partial charge < -0.3 is 24.4 Å². The molecule has 0 aliphatic rings. The molecule has 0 saturated carbocycles. The third-order valence-corrected chi connectivity index (χ3v) is 5.14. The van der Waals surface area contributed by atoms with Gasteiger partial charge in [0.05, 0.1) is 22.9 Å². The average Bonchev–Trinajstić information content (AvgIpc) is 2.98. The van der Waals surface area contributed by atoms with Crippen molar-refractivity contribution in [2.75, 3.05) is 19.5 Å². The fourth-order valence-corrected chi connectivity index (χ4v) is 3.90. The van der Waals surface area contributed by atoms with Gasteiger partial charge in [-0.05, 0) is 18.2 Å². The summed E-state index contributed by atoms with van der Waals surface area (Å²) in [4.78, 5) is 36.9.